The second kappa shape index (κ2) is 2.34. The quantitative estimate of drug-likeness (QED) is 0.612. The molecule has 0 aromatic heterocycles. The molecule has 58 valence electrons. The molecule has 0 aliphatic carbocycles. The number of phenolic OH excluding ortho intramolecular Hbond substituents is 1. The molecule has 0 amide bonds. The first kappa shape index (κ1) is 3.34. The predicted octanol–water partition coefficient (Wildman–Crippen LogP) is 1.16. The Kier molecular flexibility index (Phi) is 0.712. The maximum absolute atomic E-state index is 9.14. The number of fused-ring (bicyclic) bond motifs is 1. The van der Waals surface area contributed by atoms with Crippen LogP contribution in [-0.4, -0.2) is 18.2 Å². The largest absolute Gasteiger partial charge is 0.508 e. The van der Waals surface area contributed by atoms with Crippen LogP contribution in [0.5, 0.6) is 17.2 Å². The standard InChI is InChI=1S/C8H8O3/c9-6-1-2-7-8(5-6)11-4-3-10-7/h1-2,5,9H,3-4H2/i3D2,4D2. The van der Waals surface area contributed by atoms with E-state index in [1.807, 2.05) is 0 Å². The first-order chi connectivity index (χ1) is 6.82. The van der Waals surface area contributed by atoms with Crippen molar-refractivity contribution in [2.24, 2.45) is 0 Å². The molecule has 0 radical (unpaired) electrons. The van der Waals surface area contributed by atoms with Gasteiger partial charge in [0.2, 0.25) is 0 Å². The summed E-state index contributed by atoms with van der Waals surface area (Å²) in [6.45, 7) is -5.15. The van der Waals surface area contributed by atoms with Crippen LogP contribution in [0.3, 0.4) is 0 Å². The fourth-order valence-electron chi connectivity index (χ4n) is 0.812. The highest BCUT2D eigenvalue weighted by atomic mass is 16.6. The molecule has 3 nitrogen and oxygen atoms in total. The normalized spacial score (nSPS) is 29.1. The van der Waals surface area contributed by atoms with Gasteiger partial charge >= 0.3 is 0 Å². The van der Waals surface area contributed by atoms with Gasteiger partial charge in [0, 0.05) is 6.07 Å². The Morgan fingerprint density at radius 2 is 2.00 bits per heavy atom. The third kappa shape index (κ3) is 1.09. The van der Waals surface area contributed by atoms with E-state index in [-0.39, 0.29) is 17.2 Å². The molecule has 2 rings (SSSR count). The highest BCUT2D eigenvalue weighted by Crippen LogP contribution is 2.32. The minimum atomic E-state index is -2.59. The Labute approximate surface area is 69.8 Å². The lowest BCUT2D eigenvalue weighted by atomic mass is 10.3. The Morgan fingerprint density at radius 3 is 2.82 bits per heavy atom. The summed E-state index contributed by atoms with van der Waals surface area (Å²) in [7, 11) is 0. The number of benzene rings is 1. The van der Waals surface area contributed by atoms with E-state index in [0.29, 0.717) is 0 Å². The van der Waals surface area contributed by atoms with Crippen LogP contribution in [0.2, 0.25) is 0 Å². The monoisotopic (exact) mass is 156 g/mol. The van der Waals surface area contributed by atoms with Crippen LogP contribution >= 0.6 is 0 Å². The van der Waals surface area contributed by atoms with Crippen molar-refractivity contribution in [3.63, 3.8) is 0 Å². The molecule has 1 aromatic carbocycles. The molecule has 0 fully saturated rings. The minimum Gasteiger partial charge on any atom is -0.508 e. The smallest absolute Gasteiger partial charge is 0.165 e. The zero-order valence-electron chi connectivity index (χ0n) is 9.50. The molecule has 0 unspecified atom stereocenters. The van der Waals surface area contributed by atoms with E-state index in [4.69, 9.17) is 20.1 Å². The van der Waals surface area contributed by atoms with Crippen LogP contribution in [-0.2, 0) is 0 Å². The fraction of sp³-hybridized carbons (Fsp3) is 0.250. The van der Waals surface area contributed by atoms with Crippen LogP contribution in [0.15, 0.2) is 18.2 Å². The summed E-state index contributed by atoms with van der Waals surface area (Å²) >= 11 is 0. The molecule has 0 spiro atoms. The zero-order chi connectivity index (χ0) is 11.3. The van der Waals surface area contributed by atoms with Gasteiger partial charge in [0.1, 0.15) is 18.9 Å². The maximum atomic E-state index is 9.14. The topological polar surface area (TPSA) is 38.7 Å². The molecular formula is C8H8O3. The molecule has 0 saturated heterocycles. The van der Waals surface area contributed by atoms with Gasteiger partial charge in [0.25, 0.3) is 0 Å². The number of aromatic hydroxyl groups is 1. The molecule has 1 aromatic rings. The summed E-state index contributed by atoms with van der Waals surface area (Å²) in [5.41, 5.74) is 0. The summed E-state index contributed by atoms with van der Waals surface area (Å²) in [5.74, 6) is -0.0568. The van der Waals surface area contributed by atoms with Crippen molar-refractivity contribution in [1.29, 1.82) is 0 Å². The second-order valence-electron chi connectivity index (χ2n) is 2.04. The predicted molar refractivity (Wildman–Crippen MR) is 39.1 cm³/mol. The lowest BCUT2D eigenvalue weighted by Crippen LogP contribution is -2.14. The Balaban J connectivity index is 2.47. The number of phenols is 1. The van der Waals surface area contributed by atoms with Gasteiger partial charge in [-0.3, -0.25) is 0 Å². The van der Waals surface area contributed by atoms with Crippen molar-refractivity contribution in [2.45, 2.75) is 0 Å². The molecule has 1 heterocycles. The molecule has 3 heteroatoms. The lowest BCUT2D eigenvalue weighted by Gasteiger charge is -2.17. The fourth-order valence-corrected chi connectivity index (χ4v) is 0.812. The molecule has 0 bridgehead atoms. The van der Waals surface area contributed by atoms with Crippen LogP contribution in [0, 0.1) is 0 Å². The Hall–Kier alpha value is -1.38. The van der Waals surface area contributed by atoms with Gasteiger partial charge in [-0.25, -0.2) is 0 Å². The number of ether oxygens (including phenoxy) is 2. The van der Waals surface area contributed by atoms with Crippen molar-refractivity contribution in [3.05, 3.63) is 18.2 Å². The van der Waals surface area contributed by atoms with Crippen molar-refractivity contribution < 1.29 is 20.1 Å². The van der Waals surface area contributed by atoms with Crippen LogP contribution < -0.4 is 9.47 Å². The van der Waals surface area contributed by atoms with Gasteiger partial charge < -0.3 is 14.6 Å². The summed E-state index contributed by atoms with van der Waals surface area (Å²) in [6, 6.07) is 3.79. The number of hydrogen-bond acceptors (Lipinski definition) is 3. The van der Waals surface area contributed by atoms with E-state index >= 15 is 0 Å². The van der Waals surface area contributed by atoms with E-state index in [1.54, 1.807) is 0 Å². The van der Waals surface area contributed by atoms with E-state index in [9.17, 15) is 0 Å². The average molecular weight is 156 g/mol. The van der Waals surface area contributed by atoms with Crippen LogP contribution in [0.25, 0.3) is 0 Å². The van der Waals surface area contributed by atoms with Crippen molar-refractivity contribution in [3.8, 4) is 17.2 Å². The third-order valence-corrected chi connectivity index (χ3v) is 1.29. The molecule has 11 heavy (non-hydrogen) atoms. The third-order valence-electron chi connectivity index (χ3n) is 1.29. The Morgan fingerprint density at radius 1 is 1.27 bits per heavy atom. The molecule has 0 atom stereocenters. The molecular weight excluding hydrogens is 144 g/mol. The summed E-state index contributed by atoms with van der Waals surface area (Å²) in [5, 5.41) is 9.14. The highest BCUT2D eigenvalue weighted by molar-refractivity contribution is 5.45. The van der Waals surface area contributed by atoms with Crippen LogP contribution in [0.4, 0.5) is 0 Å². The average Bonchev–Trinajstić information content (AvgIpc) is 2.07. The summed E-state index contributed by atoms with van der Waals surface area (Å²) in [4.78, 5) is 0. The van der Waals surface area contributed by atoms with E-state index in [0.717, 1.165) is 0 Å². The first-order valence-corrected chi connectivity index (χ1v) is 3.03. The van der Waals surface area contributed by atoms with Crippen molar-refractivity contribution >= 4 is 0 Å². The summed E-state index contributed by atoms with van der Waals surface area (Å²) < 4.78 is 38.8. The minimum absolute atomic E-state index is 0.0184. The SMILES string of the molecule is [2H]C1([2H])Oc2ccc(O)cc2OC1([2H])[2H]. The van der Waals surface area contributed by atoms with Crippen molar-refractivity contribution in [2.75, 3.05) is 13.1 Å². The van der Waals surface area contributed by atoms with Gasteiger partial charge in [-0.05, 0) is 12.1 Å². The molecule has 0 saturated carbocycles. The molecule has 1 aliphatic rings. The van der Waals surface area contributed by atoms with Crippen molar-refractivity contribution in [1.82, 2.24) is 0 Å². The van der Waals surface area contributed by atoms with E-state index in [1.165, 1.54) is 18.2 Å². The van der Waals surface area contributed by atoms with Gasteiger partial charge in [-0.1, -0.05) is 0 Å². The second-order valence-corrected chi connectivity index (χ2v) is 2.04. The lowest BCUT2D eigenvalue weighted by molar-refractivity contribution is 0.171. The van der Waals surface area contributed by atoms with Gasteiger partial charge in [0.05, 0.1) is 5.48 Å². The van der Waals surface area contributed by atoms with E-state index in [2.05, 4.69) is 0 Å². The zero-order valence-corrected chi connectivity index (χ0v) is 5.50. The maximum Gasteiger partial charge on any atom is 0.165 e. The molecule has 1 aliphatic heterocycles. The summed E-state index contributed by atoms with van der Waals surface area (Å²) in [6.07, 6.45) is 0. The van der Waals surface area contributed by atoms with Gasteiger partial charge in [-0.15, -0.1) is 0 Å². The molecule has 1 N–H and O–H groups in total. The highest BCUT2D eigenvalue weighted by Gasteiger charge is 2.10. The number of rotatable bonds is 0. The van der Waals surface area contributed by atoms with E-state index < -0.39 is 13.1 Å². The van der Waals surface area contributed by atoms with Crippen LogP contribution in [0.1, 0.15) is 5.48 Å². The Bertz CT molecular complexity index is 405. The van der Waals surface area contributed by atoms with Gasteiger partial charge in [0.15, 0.2) is 11.5 Å². The number of hydrogen-bond donors (Lipinski definition) is 1. The first-order valence-electron chi connectivity index (χ1n) is 5.03. The van der Waals surface area contributed by atoms with Gasteiger partial charge in [-0.2, -0.15) is 0 Å².